The smallest absolute Gasteiger partial charge is 0.254 e. The van der Waals surface area contributed by atoms with Gasteiger partial charge in [0.05, 0.1) is 17.5 Å². The molecule has 0 bridgehead atoms. The zero-order valence-corrected chi connectivity index (χ0v) is 11.6. The first-order valence-electron chi connectivity index (χ1n) is 6.47. The fourth-order valence-electron chi connectivity index (χ4n) is 2.88. The molecule has 1 N–H and O–H groups in total. The maximum absolute atomic E-state index is 12.9. The van der Waals surface area contributed by atoms with E-state index in [0.29, 0.717) is 18.7 Å². The van der Waals surface area contributed by atoms with Crippen molar-refractivity contribution in [3.8, 4) is 0 Å². The first-order chi connectivity index (χ1) is 9.46. The monoisotopic (exact) mass is 298 g/mol. The maximum atomic E-state index is 12.9. The molecule has 3 rings (SSSR count). The lowest BCUT2D eigenvalue weighted by Crippen LogP contribution is -2.59. The molecule has 0 unspecified atom stereocenters. The summed E-state index contributed by atoms with van der Waals surface area (Å²) >= 11 is 0. The lowest BCUT2D eigenvalue weighted by molar-refractivity contribution is 0.0621. The van der Waals surface area contributed by atoms with Gasteiger partial charge in [0, 0.05) is 24.7 Å². The van der Waals surface area contributed by atoms with Crippen LogP contribution in [-0.4, -0.2) is 55.9 Å². The highest BCUT2D eigenvalue weighted by Crippen LogP contribution is 2.23. The molecule has 1 amide bonds. The van der Waals surface area contributed by atoms with Crippen molar-refractivity contribution in [2.75, 3.05) is 24.6 Å². The van der Waals surface area contributed by atoms with Crippen molar-refractivity contribution in [3.05, 3.63) is 35.6 Å². The second-order valence-corrected chi connectivity index (χ2v) is 7.36. The summed E-state index contributed by atoms with van der Waals surface area (Å²) in [6, 6.07) is 4.80. The molecular weight excluding hydrogens is 283 g/mol. The molecule has 1 aromatic carbocycles. The molecule has 108 valence electrons. The van der Waals surface area contributed by atoms with Crippen molar-refractivity contribution in [3.63, 3.8) is 0 Å². The topological polar surface area (TPSA) is 66.5 Å². The van der Waals surface area contributed by atoms with E-state index in [0.717, 1.165) is 0 Å². The van der Waals surface area contributed by atoms with E-state index < -0.39 is 15.7 Å². The number of nitrogens with one attached hydrogen (secondary N) is 1. The van der Waals surface area contributed by atoms with Gasteiger partial charge in [-0.05, 0) is 24.3 Å². The average molecular weight is 298 g/mol. The molecule has 1 aromatic rings. The van der Waals surface area contributed by atoms with Gasteiger partial charge in [-0.25, -0.2) is 12.8 Å². The van der Waals surface area contributed by atoms with Crippen molar-refractivity contribution in [2.45, 2.75) is 12.1 Å². The maximum Gasteiger partial charge on any atom is 0.254 e. The molecule has 2 aliphatic heterocycles. The number of amides is 1. The summed E-state index contributed by atoms with van der Waals surface area (Å²) in [7, 11) is -3.10. The summed E-state index contributed by atoms with van der Waals surface area (Å²) in [6.07, 6.45) is 0. The van der Waals surface area contributed by atoms with Crippen molar-refractivity contribution in [1.29, 1.82) is 0 Å². The van der Waals surface area contributed by atoms with E-state index in [1.165, 1.54) is 24.3 Å². The Morgan fingerprint density at radius 1 is 1.25 bits per heavy atom. The minimum absolute atomic E-state index is 0.00238. The molecule has 2 atom stereocenters. The SMILES string of the molecule is O=C(c1ccc(F)cc1)N1CCN[C@H]2CS(=O)(=O)C[C@H]21. The van der Waals surface area contributed by atoms with Crippen LogP contribution < -0.4 is 5.32 Å². The van der Waals surface area contributed by atoms with E-state index in [2.05, 4.69) is 5.32 Å². The van der Waals surface area contributed by atoms with Gasteiger partial charge in [-0.1, -0.05) is 0 Å². The third-order valence-corrected chi connectivity index (χ3v) is 5.55. The van der Waals surface area contributed by atoms with Gasteiger partial charge in [0.25, 0.3) is 5.91 Å². The van der Waals surface area contributed by atoms with Gasteiger partial charge in [0.2, 0.25) is 0 Å². The molecule has 0 radical (unpaired) electrons. The molecule has 20 heavy (non-hydrogen) atoms. The number of nitrogens with zero attached hydrogens (tertiary/aromatic N) is 1. The number of hydrogen-bond donors (Lipinski definition) is 1. The van der Waals surface area contributed by atoms with Gasteiger partial charge in [0.15, 0.2) is 9.84 Å². The van der Waals surface area contributed by atoms with Gasteiger partial charge in [-0.15, -0.1) is 0 Å². The zero-order valence-electron chi connectivity index (χ0n) is 10.8. The summed E-state index contributed by atoms with van der Waals surface area (Å²) in [5, 5.41) is 3.15. The predicted octanol–water partition coefficient (Wildman–Crippen LogP) is 0.0367. The van der Waals surface area contributed by atoms with Gasteiger partial charge in [-0.3, -0.25) is 4.79 Å². The van der Waals surface area contributed by atoms with Crippen molar-refractivity contribution in [1.82, 2.24) is 10.2 Å². The Balaban J connectivity index is 1.85. The van der Waals surface area contributed by atoms with Crippen LogP contribution in [-0.2, 0) is 9.84 Å². The molecular formula is C13H15FN2O3S. The summed E-state index contributed by atoms with van der Waals surface area (Å²) in [4.78, 5) is 14.0. The summed E-state index contributed by atoms with van der Waals surface area (Å²) in [6.45, 7) is 1.04. The number of carbonyl (C=O) groups excluding carboxylic acids is 1. The quantitative estimate of drug-likeness (QED) is 0.795. The first-order valence-corrected chi connectivity index (χ1v) is 8.29. The Kier molecular flexibility index (Phi) is 3.25. The molecule has 0 spiro atoms. The number of piperazine rings is 1. The number of fused-ring (bicyclic) bond motifs is 1. The van der Waals surface area contributed by atoms with Gasteiger partial charge in [0.1, 0.15) is 5.82 Å². The highest BCUT2D eigenvalue weighted by Gasteiger charge is 2.44. The molecule has 2 saturated heterocycles. The molecule has 0 aromatic heterocycles. The van der Waals surface area contributed by atoms with Crippen LogP contribution in [0.1, 0.15) is 10.4 Å². The molecule has 2 heterocycles. The van der Waals surface area contributed by atoms with Crippen molar-refractivity contribution < 1.29 is 17.6 Å². The summed E-state index contributed by atoms with van der Waals surface area (Å²) in [5.74, 6) is -0.565. The first kappa shape index (κ1) is 13.5. The second-order valence-electron chi connectivity index (χ2n) is 5.21. The summed E-state index contributed by atoms with van der Waals surface area (Å²) in [5.41, 5.74) is 0.386. The fraction of sp³-hybridized carbons (Fsp3) is 0.462. The standard InChI is InChI=1S/C13H15FN2O3S/c14-10-3-1-9(2-4-10)13(17)16-6-5-15-11-7-20(18,19)8-12(11)16/h1-4,11-12,15H,5-8H2/t11-,12+/m0/s1. The molecule has 5 nitrogen and oxygen atoms in total. The van der Waals surface area contributed by atoms with E-state index in [4.69, 9.17) is 0 Å². The van der Waals surface area contributed by atoms with Crippen LogP contribution in [0.3, 0.4) is 0 Å². The van der Waals surface area contributed by atoms with Crippen molar-refractivity contribution >= 4 is 15.7 Å². The number of halogens is 1. The highest BCUT2D eigenvalue weighted by atomic mass is 32.2. The third-order valence-electron chi connectivity index (χ3n) is 3.83. The van der Waals surface area contributed by atoms with Crippen LogP contribution in [0, 0.1) is 5.82 Å². The number of sulfone groups is 1. The Hall–Kier alpha value is -1.47. The largest absolute Gasteiger partial charge is 0.332 e. The van der Waals surface area contributed by atoms with Crippen LogP contribution in [0.2, 0.25) is 0 Å². The van der Waals surface area contributed by atoms with E-state index in [1.54, 1.807) is 4.90 Å². The van der Waals surface area contributed by atoms with E-state index in [-0.39, 0.29) is 29.5 Å². The summed E-state index contributed by atoms with van der Waals surface area (Å²) < 4.78 is 36.3. The predicted molar refractivity (Wildman–Crippen MR) is 71.7 cm³/mol. The Labute approximate surface area is 116 Å². The Morgan fingerprint density at radius 2 is 1.95 bits per heavy atom. The minimum atomic E-state index is -3.10. The highest BCUT2D eigenvalue weighted by molar-refractivity contribution is 7.91. The van der Waals surface area contributed by atoms with Gasteiger partial charge >= 0.3 is 0 Å². The number of hydrogen-bond acceptors (Lipinski definition) is 4. The number of carbonyl (C=O) groups is 1. The zero-order chi connectivity index (χ0) is 14.3. The molecule has 7 heteroatoms. The third kappa shape index (κ3) is 2.43. The minimum Gasteiger partial charge on any atom is -0.332 e. The number of rotatable bonds is 1. The normalized spacial score (nSPS) is 28.1. The number of benzene rings is 1. The van der Waals surface area contributed by atoms with Crippen LogP contribution in [0.15, 0.2) is 24.3 Å². The van der Waals surface area contributed by atoms with E-state index in [1.807, 2.05) is 0 Å². The second kappa shape index (κ2) is 4.82. The van der Waals surface area contributed by atoms with E-state index in [9.17, 15) is 17.6 Å². The fourth-order valence-corrected chi connectivity index (χ4v) is 4.83. The van der Waals surface area contributed by atoms with Crippen molar-refractivity contribution in [2.24, 2.45) is 0 Å². The van der Waals surface area contributed by atoms with Crippen LogP contribution in [0.5, 0.6) is 0 Å². The Bertz CT molecular complexity index is 630. The van der Waals surface area contributed by atoms with Crippen LogP contribution in [0.4, 0.5) is 4.39 Å². The van der Waals surface area contributed by atoms with E-state index >= 15 is 0 Å². The molecule has 0 aliphatic carbocycles. The van der Waals surface area contributed by atoms with Crippen LogP contribution in [0.25, 0.3) is 0 Å². The molecule has 2 aliphatic rings. The van der Waals surface area contributed by atoms with Gasteiger partial charge < -0.3 is 10.2 Å². The van der Waals surface area contributed by atoms with Gasteiger partial charge in [-0.2, -0.15) is 0 Å². The Morgan fingerprint density at radius 3 is 2.65 bits per heavy atom. The lowest BCUT2D eigenvalue weighted by atomic mass is 10.1. The van der Waals surface area contributed by atoms with Crippen LogP contribution >= 0.6 is 0 Å². The molecule has 2 fully saturated rings. The lowest BCUT2D eigenvalue weighted by Gasteiger charge is -2.37. The molecule has 0 saturated carbocycles. The average Bonchev–Trinajstić information content (AvgIpc) is 2.72.